The normalized spacial score (nSPS) is 20.9. The number of carbonyl (C=O) groups is 2. The molecule has 0 aliphatic carbocycles. The van der Waals surface area contributed by atoms with Gasteiger partial charge in [0, 0.05) is 10.0 Å². The summed E-state index contributed by atoms with van der Waals surface area (Å²) in [6.45, 7) is -0.0508. The molecule has 2 aromatic carbocycles. The van der Waals surface area contributed by atoms with E-state index < -0.39 is 6.04 Å². The maximum Gasteiger partial charge on any atom is 0.249 e. The van der Waals surface area contributed by atoms with Crippen molar-refractivity contribution in [2.75, 3.05) is 13.2 Å². The molecule has 2 unspecified atom stereocenters. The van der Waals surface area contributed by atoms with Crippen molar-refractivity contribution in [2.24, 2.45) is 0 Å². The Hall–Kier alpha value is -1.88. The van der Waals surface area contributed by atoms with E-state index in [2.05, 4.69) is 0 Å². The summed E-state index contributed by atoms with van der Waals surface area (Å²) in [6, 6.07) is 14.1. The lowest BCUT2D eigenvalue weighted by Crippen LogP contribution is -2.46. The molecule has 2 atom stereocenters. The van der Waals surface area contributed by atoms with Crippen molar-refractivity contribution in [2.45, 2.75) is 12.1 Å². The Labute approximate surface area is 149 Å². The molecular formula is C18H15Cl2NO3. The summed E-state index contributed by atoms with van der Waals surface area (Å²) < 4.78 is 5.81. The number of rotatable bonds is 4. The molecular weight excluding hydrogens is 349 g/mol. The Balaban J connectivity index is 2.04. The molecule has 1 aliphatic rings. The summed E-state index contributed by atoms with van der Waals surface area (Å²) in [5.74, 6) is -0.215. The second-order valence-electron chi connectivity index (χ2n) is 5.49. The van der Waals surface area contributed by atoms with Crippen LogP contribution in [0.5, 0.6) is 0 Å². The first-order valence-electron chi connectivity index (χ1n) is 7.46. The fraction of sp³-hybridized carbons (Fsp3) is 0.222. The summed E-state index contributed by atoms with van der Waals surface area (Å²) in [6.07, 6.45) is 0.339. The van der Waals surface area contributed by atoms with Gasteiger partial charge in [-0.1, -0.05) is 47.5 Å². The number of ether oxygens (including phenoxy) is 1. The Kier molecular flexibility index (Phi) is 5.19. The fourth-order valence-electron chi connectivity index (χ4n) is 2.90. The van der Waals surface area contributed by atoms with Crippen molar-refractivity contribution >= 4 is 35.4 Å². The SMILES string of the molecule is O=CCN1C(=O)COC(c2ccc(Cl)cc2)C1c1ccc(Cl)cc1. The van der Waals surface area contributed by atoms with Gasteiger partial charge in [0.05, 0.1) is 12.6 Å². The average Bonchev–Trinajstić information content (AvgIpc) is 2.58. The van der Waals surface area contributed by atoms with Crippen LogP contribution in [-0.4, -0.2) is 30.2 Å². The van der Waals surface area contributed by atoms with Crippen molar-refractivity contribution in [3.8, 4) is 0 Å². The number of hydrogen-bond acceptors (Lipinski definition) is 3. The quantitative estimate of drug-likeness (QED) is 0.775. The van der Waals surface area contributed by atoms with E-state index in [9.17, 15) is 9.59 Å². The van der Waals surface area contributed by atoms with Gasteiger partial charge in [0.15, 0.2) is 0 Å². The van der Waals surface area contributed by atoms with Gasteiger partial charge < -0.3 is 14.4 Å². The third-order valence-electron chi connectivity index (χ3n) is 4.01. The zero-order chi connectivity index (χ0) is 17.1. The van der Waals surface area contributed by atoms with Crippen LogP contribution in [0.15, 0.2) is 48.5 Å². The van der Waals surface area contributed by atoms with Crippen LogP contribution in [0.2, 0.25) is 10.0 Å². The molecule has 0 aromatic heterocycles. The lowest BCUT2D eigenvalue weighted by molar-refractivity contribution is -0.159. The summed E-state index contributed by atoms with van der Waals surface area (Å²) >= 11 is 11.9. The van der Waals surface area contributed by atoms with Gasteiger partial charge in [0.25, 0.3) is 0 Å². The van der Waals surface area contributed by atoms with Gasteiger partial charge in [-0.25, -0.2) is 0 Å². The summed E-state index contributed by atoms with van der Waals surface area (Å²) in [4.78, 5) is 24.9. The lowest BCUT2D eigenvalue weighted by atomic mass is 9.93. The van der Waals surface area contributed by atoms with E-state index >= 15 is 0 Å². The molecule has 2 aromatic rings. The van der Waals surface area contributed by atoms with Crippen LogP contribution in [-0.2, 0) is 14.3 Å². The summed E-state index contributed by atoms with van der Waals surface area (Å²) in [5, 5.41) is 1.23. The second kappa shape index (κ2) is 7.34. The van der Waals surface area contributed by atoms with Gasteiger partial charge in [0.1, 0.15) is 19.0 Å². The largest absolute Gasteiger partial charge is 0.361 e. The number of carbonyl (C=O) groups excluding carboxylic acids is 2. The van der Waals surface area contributed by atoms with Crippen LogP contribution in [0.4, 0.5) is 0 Å². The summed E-state index contributed by atoms with van der Waals surface area (Å²) in [5.41, 5.74) is 1.75. The van der Waals surface area contributed by atoms with Crippen molar-refractivity contribution in [1.29, 1.82) is 0 Å². The van der Waals surface area contributed by atoms with Crippen LogP contribution in [0.3, 0.4) is 0 Å². The molecule has 6 heteroatoms. The van der Waals surface area contributed by atoms with E-state index in [1.165, 1.54) is 0 Å². The highest BCUT2D eigenvalue weighted by Crippen LogP contribution is 2.40. The molecule has 24 heavy (non-hydrogen) atoms. The number of halogens is 2. The zero-order valence-corrected chi connectivity index (χ0v) is 14.2. The third kappa shape index (κ3) is 3.46. The summed E-state index contributed by atoms with van der Waals surface area (Å²) in [7, 11) is 0. The molecule has 0 radical (unpaired) electrons. The molecule has 3 rings (SSSR count). The maximum absolute atomic E-state index is 12.3. The topological polar surface area (TPSA) is 46.6 Å². The second-order valence-corrected chi connectivity index (χ2v) is 6.37. The minimum Gasteiger partial charge on any atom is -0.361 e. The molecule has 0 saturated carbocycles. The molecule has 1 saturated heterocycles. The number of amides is 1. The molecule has 0 spiro atoms. The molecule has 4 nitrogen and oxygen atoms in total. The first-order chi connectivity index (χ1) is 11.6. The van der Waals surface area contributed by atoms with E-state index in [1.807, 2.05) is 24.3 Å². The Bertz CT molecular complexity index is 731. The van der Waals surface area contributed by atoms with E-state index in [1.54, 1.807) is 29.2 Å². The van der Waals surface area contributed by atoms with E-state index in [-0.39, 0.29) is 25.2 Å². The average molecular weight is 364 g/mol. The van der Waals surface area contributed by atoms with Crippen LogP contribution in [0.1, 0.15) is 23.3 Å². The molecule has 1 aliphatic heterocycles. The third-order valence-corrected chi connectivity index (χ3v) is 4.51. The predicted octanol–water partition coefficient (Wildman–Crippen LogP) is 3.83. The highest BCUT2D eigenvalue weighted by molar-refractivity contribution is 6.30. The molecule has 124 valence electrons. The zero-order valence-electron chi connectivity index (χ0n) is 12.7. The van der Waals surface area contributed by atoms with E-state index in [0.717, 1.165) is 17.4 Å². The highest BCUT2D eigenvalue weighted by Gasteiger charge is 2.38. The van der Waals surface area contributed by atoms with Crippen molar-refractivity contribution in [3.63, 3.8) is 0 Å². The monoisotopic (exact) mass is 363 g/mol. The van der Waals surface area contributed by atoms with Gasteiger partial charge in [-0.2, -0.15) is 0 Å². The minimum atomic E-state index is -0.408. The number of morpholine rings is 1. The van der Waals surface area contributed by atoms with Gasteiger partial charge in [-0.15, -0.1) is 0 Å². The van der Waals surface area contributed by atoms with Gasteiger partial charge in [-0.3, -0.25) is 4.79 Å². The molecule has 1 heterocycles. The first kappa shape index (κ1) is 17.0. The molecule has 1 fully saturated rings. The van der Waals surface area contributed by atoms with Crippen molar-refractivity contribution in [1.82, 2.24) is 4.90 Å². The van der Waals surface area contributed by atoms with Gasteiger partial charge >= 0.3 is 0 Å². The standard InChI is InChI=1S/C18H15Cl2NO3/c19-14-5-1-12(2-6-14)17-18(13-3-7-15(20)8-4-13)24-11-16(23)21(17)9-10-22/h1-8,10,17-18H,9,11H2. The Morgan fingerprint density at radius 3 is 2.08 bits per heavy atom. The fourth-order valence-corrected chi connectivity index (χ4v) is 3.15. The highest BCUT2D eigenvalue weighted by atomic mass is 35.5. The molecule has 1 amide bonds. The van der Waals surface area contributed by atoms with Crippen LogP contribution in [0.25, 0.3) is 0 Å². The lowest BCUT2D eigenvalue weighted by Gasteiger charge is -2.40. The van der Waals surface area contributed by atoms with E-state index in [4.69, 9.17) is 27.9 Å². The number of hydrogen-bond donors (Lipinski definition) is 0. The first-order valence-corrected chi connectivity index (χ1v) is 8.21. The Morgan fingerprint density at radius 2 is 1.54 bits per heavy atom. The number of aldehydes is 1. The maximum atomic E-state index is 12.3. The molecule has 0 bridgehead atoms. The smallest absolute Gasteiger partial charge is 0.249 e. The van der Waals surface area contributed by atoms with Crippen molar-refractivity contribution < 1.29 is 14.3 Å². The number of benzene rings is 2. The predicted molar refractivity (Wildman–Crippen MR) is 92.1 cm³/mol. The molecule has 0 N–H and O–H groups in total. The van der Waals surface area contributed by atoms with Crippen LogP contribution < -0.4 is 0 Å². The number of nitrogens with zero attached hydrogens (tertiary/aromatic N) is 1. The van der Waals surface area contributed by atoms with Crippen LogP contribution in [0, 0.1) is 0 Å². The van der Waals surface area contributed by atoms with Crippen LogP contribution >= 0.6 is 23.2 Å². The Morgan fingerprint density at radius 1 is 1.00 bits per heavy atom. The van der Waals surface area contributed by atoms with E-state index in [0.29, 0.717) is 10.0 Å². The van der Waals surface area contributed by atoms with Gasteiger partial charge in [-0.05, 0) is 35.4 Å². The van der Waals surface area contributed by atoms with Gasteiger partial charge in [0.2, 0.25) is 5.91 Å². The minimum absolute atomic E-state index is 0.0135. The van der Waals surface area contributed by atoms with Crippen molar-refractivity contribution in [3.05, 3.63) is 69.7 Å².